The summed E-state index contributed by atoms with van der Waals surface area (Å²) in [5.41, 5.74) is 7.72. The van der Waals surface area contributed by atoms with Gasteiger partial charge in [0.1, 0.15) is 0 Å². The monoisotopic (exact) mass is 684 g/mol. The Morgan fingerprint density at radius 3 is 2.24 bits per heavy atom. The van der Waals surface area contributed by atoms with Crippen LogP contribution in [0.5, 0.6) is 0 Å². The molecule has 0 aliphatic rings. The zero-order valence-electron chi connectivity index (χ0n) is 13.3. The molecule has 126 valence electrons. The van der Waals surface area contributed by atoms with E-state index in [1.807, 2.05) is 12.1 Å². The minimum atomic E-state index is -1.20. The van der Waals surface area contributed by atoms with Crippen LogP contribution in [-0.2, 0) is 4.79 Å². The van der Waals surface area contributed by atoms with Crippen molar-refractivity contribution in [1.82, 2.24) is 0 Å². The summed E-state index contributed by atoms with van der Waals surface area (Å²) in [5, 5.41) is 10.9. The Bertz CT molecular complexity index is 788. The van der Waals surface area contributed by atoms with Gasteiger partial charge in [0.25, 0.3) is 5.91 Å². The van der Waals surface area contributed by atoms with Crippen LogP contribution in [0.25, 0.3) is 0 Å². The smallest absolute Gasteiger partial charge is 0.550 e. The van der Waals surface area contributed by atoms with Crippen molar-refractivity contribution in [3.05, 3.63) is 52.7 Å². The molecule has 2 aromatic rings. The first-order chi connectivity index (χ1) is 11.3. The topological polar surface area (TPSA) is 86.5 Å². The molecule has 5 nitrogen and oxygen atoms in total. The average molecular weight is 684 g/mol. The number of hydrogen-bond donors (Lipinski definition) is 1. The SMILES string of the molecule is Nc1c(I)cc(I)c(C(=O)N(CCC(=O)[O-])c2ccccc2)c1I.[Na+]. The molecule has 0 saturated heterocycles. The van der Waals surface area contributed by atoms with Gasteiger partial charge in [-0.1, -0.05) is 18.2 Å². The molecule has 0 radical (unpaired) electrons. The van der Waals surface area contributed by atoms with Gasteiger partial charge < -0.3 is 20.5 Å². The molecule has 0 unspecified atom stereocenters. The number of carboxylic acid groups (broad SMARTS) is 1. The van der Waals surface area contributed by atoms with Crippen LogP contribution in [0.2, 0.25) is 0 Å². The summed E-state index contributed by atoms with van der Waals surface area (Å²) in [6, 6.07) is 10.8. The maximum Gasteiger partial charge on any atom is 1.00 e. The maximum atomic E-state index is 13.1. The number of nitrogens with two attached hydrogens (primary N) is 1. The minimum Gasteiger partial charge on any atom is -0.550 e. The van der Waals surface area contributed by atoms with Crippen LogP contribution >= 0.6 is 67.8 Å². The average Bonchev–Trinajstić information content (AvgIpc) is 2.53. The standard InChI is InChI=1S/C16H13I3N2O3.Na/c17-10-8-11(18)15(20)14(19)13(10)16(24)21(7-6-12(22)23)9-4-2-1-3-5-9;/h1-5,8H,6-7,20H2,(H,22,23);/q;+1/p-1. The van der Waals surface area contributed by atoms with E-state index >= 15 is 0 Å². The zero-order valence-corrected chi connectivity index (χ0v) is 21.7. The Labute approximate surface area is 208 Å². The van der Waals surface area contributed by atoms with Crippen molar-refractivity contribution in [3.8, 4) is 0 Å². The third kappa shape index (κ3) is 5.92. The molecule has 0 saturated carbocycles. The van der Waals surface area contributed by atoms with Crippen molar-refractivity contribution >= 4 is 91.0 Å². The number of halogens is 3. The molecule has 0 spiro atoms. The minimum absolute atomic E-state index is 0. The van der Waals surface area contributed by atoms with Gasteiger partial charge in [-0.2, -0.15) is 0 Å². The van der Waals surface area contributed by atoms with Crippen molar-refractivity contribution in [3.63, 3.8) is 0 Å². The molecule has 2 rings (SSSR count). The number of carbonyl (C=O) groups is 2. The Balaban J connectivity index is 0.00000312. The van der Waals surface area contributed by atoms with Gasteiger partial charge in [-0.05, 0) is 86.0 Å². The number of anilines is 2. The van der Waals surface area contributed by atoms with Crippen LogP contribution in [0.15, 0.2) is 36.4 Å². The zero-order chi connectivity index (χ0) is 17.9. The first kappa shape index (κ1) is 23.4. The van der Waals surface area contributed by atoms with Crippen LogP contribution in [-0.4, -0.2) is 18.4 Å². The van der Waals surface area contributed by atoms with Gasteiger partial charge in [-0.15, -0.1) is 0 Å². The normalized spacial score (nSPS) is 10.0. The molecule has 0 atom stereocenters. The van der Waals surface area contributed by atoms with Gasteiger partial charge in [0.15, 0.2) is 0 Å². The summed E-state index contributed by atoms with van der Waals surface area (Å²) in [5.74, 6) is -1.48. The molecule has 0 aliphatic carbocycles. The van der Waals surface area contributed by atoms with Gasteiger partial charge in [0.2, 0.25) is 0 Å². The second-order valence-electron chi connectivity index (χ2n) is 4.86. The van der Waals surface area contributed by atoms with Gasteiger partial charge in [-0.3, -0.25) is 4.79 Å². The summed E-state index contributed by atoms with van der Waals surface area (Å²) in [6.07, 6.45) is -0.242. The van der Waals surface area contributed by atoms with Crippen LogP contribution in [0.1, 0.15) is 16.8 Å². The Hall–Kier alpha value is 0.370. The number of nitrogens with zero attached hydrogens (tertiary/aromatic N) is 1. The Kier molecular flexibility index (Phi) is 9.96. The fourth-order valence-corrected chi connectivity index (χ4v) is 5.93. The number of rotatable bonds is 5. The Morgan fingerprint density at radius 2 is 1.68 bits per heavy atom. The summed E-state index contributed by atoms with van der Waals surface area (Å²) in [6.45, 7) is 0.0310. The van der Waals surface area contributed by atoms with Crippen molar-refractivity contribution < 1.29 is 44.3 Å². The van der Waals surface area contributed by atoms with E-state index in [0.29, 0.717) is 20.5 Å². The number of hydrogen-bond acceptors (Lipinski definition) is 4. The first-order valence-electron chi connectivity index (χ1n) is 6.82. The number of amides is 1. The summed E-state index contributed by atoms with van der Waals surface area (Å²) < 4.78 is 2.32. The molecule has 1 amide bonds. The van der Waals surface area contributed by atoms with Crippen LogP contribution in [0.4, 0.5) is 11.4 Å². The summed E-state index contributed by atoms with van der Waals surface area (Å²) >= 11 is 6.28. The molecule has 0 bridgehead atoms. The quantitative estimate of drug-likeness (QED) is 0.271. The summed E-state index contributed by atoms with van der Waals surface area (Å²) in [7, 11) is 0. The van der Waals surface area contributed by atoms with Gasteiger partial charge in [0, 0.05) is 31.8 Å². The predicted molar refractivity (Wildman–Crippen MR) is 117 cm³/mol. The molecular weight excluding hydrogens is 672 g/mol. The number of para-hydroxylation sites is 1. The van der Waals surface area contributed by atoms with E-state index in [-0.39, 0.29) is 48.4 Å². The van der Waals surface area contributed by atoms with E-state index < -0.39 is 5.97 Å². The predicted octanol–water partition coefficient (Wildman–Crippen LogP) is -0.127. The fraction of sp³-hybridized carbons (Fsp3) is 0.125. The number of benzene rings is 2. The van der Waals surface area contributed by atoms with Crippen molar-refractivity contribution in [2.75, 3.05) is 17.2 Å². The van der Waals surface area contributed by atoms with Gasteiger partial charge >= 0.3 is 29.6 Å². The molecule has 2 aromatic carbocycles. The third-order valence-electron chi connectivity index (χ3n) is 3.27. The number of carboxylic acids is 1. The number of aliphatic carboxylic acids is 1. The number of nitrogen functional groups attached to an aromatic ring is 1. The summed E-state index contributed by atoms with van der Waals surface area (Å²) in [4.78, 5) is 25.4. The van der Waals surface area contributed by atoms with Crippen molar-refractivity contribution in [2.24, 2.45) is 0 Å². The fourth-order valence-electron chi connectivity index (χ4n) is 2.10. The second kappa shape index (κ2) is 10.6. The van der Waals surface area contributed by atoms with E-state index in [1.54, 1.807) is 24.3 Å². The van der Waals surface area contributed by atoms with Gasteiger partial charge in [0.05, 0.1) is 14.8 Å². The van der Waals surface area contributed by atoms with E-state index in [2.05, 4.69) is 67.8 Å². The molecule has 25 heavy (non-hydrogen) atoms. The van der Waals surface area contributed by atoms with Crippen LogP contribution in [0, 0.1) is 10.7 Å². The molecule has 0 fully saturated rings. The van der Waals surface area contributed by atoms with E-state index in [9.17, 15) is 14.7 Å². The molecule has 9 heteroatoms. The largest absolute Gasteiger partial charge is 1.00 e. The maximum absolute atomic E-state index is 13.1. The molecule has 0 aromatic heterocycles. The third-order valence-corrected chi connectivity index (χ3v) is 6.14. The van der Waals surface area contributed by atoms with Crippen LogP contribution < -0.4 is 45.3 Å². The van der Waals surface area contributed by atoms with Gasteiger partial charge in [-0.25, -0.2) is 0 Å². The van der Waals surface area contributed by atoms with Crippen molar-refractivity contribution in [1.29, 1.82) is 0 Å². The molecule has 0 aliphatic heterocycles. The molecule has 0 heterocycles. The van der Waals surface area contributed by atoms with Crippen molar-refractivity contribution in [2.45, 2.75) is 6.42 Å². The van der Waals surface area contributed by atoms with E-state index in [1.165, 1.54) is 4.90 Å². The number of carbonyl (C=O) groups excluding carboxylic acids is 2. The Morgan fingerprint density at radius 1 is 1.08 bits per heavy atom. The second-order valence-corrected chi connectivity index (χ2v) is 8.26. The van der Waals surface area contributed by atoms with E-state index in [4.69, 9.17) is 5.73 Å². The van der Waals surface area contributed by atoms with Crippen LogP contribution in [0.3, 0.4) is 0 Å². The molecule has 2 N–H and O–H groups in total. The molecular formula is C16H12I3N2NaO3. The van der Waals surface area contributed by atoms with E-state index in [0.717, 1.165) is 7.14 Å². The first-order valence-corrected chi connectivity index (χ1v) is 10.1.